The van der Waals surface area contributed by atoms with Crippen molar-refractivity contribution in [3.05, 3.63) is 22.2 Å². The second-order valence-corrected chi connectivity index (χ2v) is 4.33. The molecule has 16 heavy (non-hydrogen) atoms. The Morgan fingerprint density at radius 1 is 1.19 bits per heavy atom. The van der Waals surface area contributed by atoms with Crippen molar-refractivity contribution in [2.75, 3.05) is 20.8 Å². The number of ether oxygens (including phenoxy) is 2. The number of rotatable bonds is 6. The predicted octanol–water partition coefficient (Wildman–Crippen LogP) is 2.97. The topological polar surface area (TPSA) is 30.5 Å². The van der Waals surface area contributed by atoms with Crippen molar-refractivity contribution in [1.29, 1.82) is 0 Å². The number of benzene rings is 1. The Morgan fingerprint density at radius 2 is 1.81 bits per heavy atom. The van der Waals surface area contributed by atoms with Gasteiger partial charge in [0.15, 0.2) is 11.5 Å². The second kappa shape index (κ2) is 6.76. The molecule has 0 saturated carbocycles. The maximum absolute atomic E-state index is 5.26. The van der Waals surface area contributed by atoms with E-state index < -0.39 is 0 Å². The Hall–Kier alpha value is -0.740. The summed E-state index contributed by atoms with van der Waals surface area (Å²) in [6.45, 7) is 3.99. The first-order valence-corrected chi connectivity index (χ1v) is 6.13. The van der Waals surface area contributed by atoms with Crippen molar-refractivity contribution in [3.8, 4) is 11.5 Å². The van der Waals surface area contributed by atoms with Gasteiger partial charge in [0.05, 0.1) is 14.2 Å². The highest BCUT2D eigenvalue weighted by atomic mass is 79.9. The Bertz CT molecular complexity index is 342. The van der Waals surface area contributed by atoms with Gasteiger partial charge in [-0.1, -0.05) is 22.9 Å². The van der Waals surface area contributed by atoms with E-state index in [4.69, 9.17) is 9.47 Å². The summed E-state index contributed by atoms with van der Waals surface area (Å²) in [6.07, 6.45) is 1.13. The molecule has 0 fully saturated rings. The summed E-state index contributed by atoms with van der Waals surface area (Å²) in [7, 11) is 3.29. The Balaban J connectivity index is 2.84. The van der Waals surface area contributed by atoms with E-state index in [1.165, 1.54) is 5.56 Å². The lowest BCUT2D eigenvalue weighted by atomic mass is 10.2. The highest BCUT2D eigenvalue weighted by Crippen LogP contribution is 2.33. The molecule has 0 spiro atoms. The van der Waals surface area contributed by atoms with Crippen LogP contribution in [0.3, 0.4) is 0 Å². The first kappa shape index (κ1) is 13.3. The average Bonchev–Trinajstić information content (AvgIpc) is 2.31. The molecule has 1 aromatic rings. The lowest BCUT2D eigenvalue weighted by Gasteiger charge is -2.12. The third-order valence-electron chi connectivity index (χ3n) is 2.29. The van der Waals surface area contributed by atoms with Gasteiger partial charge in [-0.3, -0.25) is 0 Å². The van der Waals surface area contributed by atoms with E-state index in [1.807, 2.05) is 12.1 Å². The molecule has 90 valence electrons. The summed E-state index contributed by atoms with van der Waals surface area (Å²) in [5, 5.41) is 3.35. The average molecular weight is 288 g/mol. The fourth-order valence-electron chi connectivity index (χ4n) is 1.43. The van der Waals surface area contributed by atoms with Gasteiger partial charge in [0.1, 0.15) is 0 Å². The molecule has 0 aliphatic heterocycles. The lowest BCUT2D eigenvalue weighted by molar-refractivity contribution is 0.354. The van der Waals surface area contributed by atoms with Gasteiger partial charge in [-0.2, -0.15) is 0 Å². The van der Waals surface area contributed by atoms with Gasteiger partial charge in [0.25, 0.3) is 0 Å². The fourth-order valence-corrected chi connectivity index (χ4v) is 1.89. The number of hydrogen-bond donors (Lipinski definition) is 1. The minimum atomic E-state index is 0.744. The van der Waals surface area contributed by atoms with Gasteiger partial charge in [-0.25, -0.2) is 0 Å². The zero-order chi connectivity index (χ0) is 12.0. The fraction of sp³-hybridized carbons (Fsp3) is 0.500. The van der Waals surface area contributed by atoms with Crippen molar-refractivity contribution in [2.45, 2.75) is 19.9 Å². The molecule has 0 aliphatic rings. The normalized spacial score (nSPS) is 10.2. The van der Waals surface area contributed by atoms with E-state index in [9.17, 15) is 0 Å². The van der Waals surface area contributed by atoms with E-state index in [2.05, 4.69) is 28.2 Å². The molecule has 4 heteroatoms. The smallest absolute Gasteiger partial charge is 0.161 e. The van der Waals surface area contributed by atoms with Crippen LogP contribution in [0, 0.1) is 0 Å². The summed E-state index contributed by atoms with van der Waals surface area (Å²) < 4.78 is 11.5. The minimum absolute atomic E-state index is 0.744. The monoisotopic (exact) mass is 287 g/mol. The van der Waals surface area contributed by atoms with Crippen LogP contribution in [0.25, 0.3) is 0 Å². The van der Waals surface area contributed by atoms with Gasteiger partial charge in [-0.05, 0) is 30.7 Å². The van der Waals surface area contributed by atoms with Crippen molar-refractivity contribution >= 4 is 15.9 Å². The summed E-state index contributed by atoms with van der Waals surface area (Å²) >= 11 is 3.53. The van der Waals surface area contributed by atoms with Crippen LogP contribution < -0.4 is 14.8 Å². The largest absolute Gasteiger partial charge is 0.493 e. The molecule has 0 saturated heterocycles. The standard InChI is InChI=1S/C12H18BrNO2/c1-4-5-14-8-9-6-11(15-2)12(16-3)7-10(9)13/h6-7,14H,4-5,8H2,1-3H3. The van der Waals surface area contributed by atoms with Crippen molar-refractivity contribution < 1.29 is 9.47 Å². The van der Waals surface area contributed by atoms with Gasteiger partial charge >= 0.3 is 0 Å². The van der Waals surface area contributed by atoms with Crippen LogP contribution in [0.15, 0.2) is 16.6 Å². The van der Waals surface area contributed by atoms with Crippen LogP contribution in [-0.4, -0.2) is 20.8 Å². The first-order valence-electron chi connectivity index (χ1n) is 5.34. The molecule has 0 unspecified atom stereocenters. The van der Waals surface area contributed by atoms with Gasteiger partial charge in [-0.15, -0.1) is 0 Å². The van der Waals surface area contributed by atoms with E-state index in [1.54, 1.807) is 14.2 Å². The maximum atomic E-state index is 5.26. The number of hydrogen-bond acceptors (Lipinski definition) is 3. The summed E-state index contributed by atoms with van der Waals surface area (Å²) in [5.74, 6) is 1.51. The number of methoxy groups -OCH3 is 2. The third-order valence-corrected chi connectivity index (χ3v) is 3.03. The zero-order valence-electron chi connectivity index (χ0n) is 9.97. The maximum Gasteiger partial charge on any atom is 0.161 e. The Morgan fingerprint density at radius 3 is 2.38 bits per heavy atom. The van der Waals surface area contributed by atoms with E-state index in [-0.39, 0.29) is 0 Å². The van der Waals surface area contributed by atoms with Gasteiger partial charge < -0.3 is 14.8 Å². The molecule has 1 N–H and O–H groups in total. The number of nitrogens with one attached hydrogen (secondary N) is 1. The molecule has 1 aromatic carbocycles. The summed E-state index contributed by atoms with van der Waals surface area (Å²) in [4.78, 5) is 0. The molecule has 0 atom stereocenters. The Labute approximate surface area is 105 Å². The molecule has 0 aliphatic carbocycles. The van der Waals surface area contributed by atoms with Crippen LogP contribution in [0.5, 0.6) is 11.5 Å². The molecule has 0 heterocycles. The van der Waals surface area contributed by atoms with Crippen molar-refractivity contribution in [1.82, 2.24) is 5.32 Å². The van der Waals surface area contributed by atoms with E-state index in [0.717, 1.165) is 35.5 Å². The third kappa shape index (κ3) is 3.39. The van der Waals surface area contributed by atoms with Crippen molar-refractivity contribution in [2.24, 2.45) is 0 Å². The van der Waals surface area contributed by atoms with Gasteiger partial charge in [0.2, 0.25) is 0 Å². The molecular formula is C12H18BrNO2. The molecular weight excluding hydrogens is 270 g/mol. The summed E-state index contributed by atoms with van der Waals surface area (Å²) in [5.41, 5.74) is 1.17. The highest BCUT2D eigenvalue weighted by molar-refractivity contribution is 9.10. The van der Waals surface area contributed by atoms with E-state index >= 15 is 0 Å². The van der Waals surface area contributed by atoms with Crippen LogP contribution in [-0.2, 0) is 6.54 Å². The SMILES string of the molecule is CCCNCc1cc(OC)c(OC)cc1Br. The van der Waals surface area contributed by atoms with Crippen LogP contribution in [0.1, 0.15) is 18.9 Å². The van der Waals surface area contributed by atoms with Crippen LogP contribution >= 0.6 is 15.9 Å². The predicted molar refractivity (Wildman–Crippen MR) is 69.2 cm³/mol. The highest BCUT2D eigenvalue weighted by Gasteiger charge is 2.08. The quantitative estimate of drug-likeness (QED) is 0.816. The summed E-state index contributed by atoms with van der Waals surface area (Å²) in [6, 6.07) is 3.92. The molecule has 1 rings (SSSR count). The minimum Gasteiger partial charge on any atom is -0.493 e. The molecule has 0 bridgehead atoms. The molecule has 0 radical (unpaired) electrons. The second-order valence-electron chi connectivity index (χ2n) is 3.48. The van der Waals surface area contributed by atoms with E-state index in [0.29, 0.717) is 0 Å². The van der Waals surface area contributed by atoms with Gasteiger partial charge in [0, 0.05) is 11.0 Å². The Kier molecular flexibility index (Phi) is 5.63. The molecule has 0 aromatic heterocycles. The first-order chi connectivity index (χ1) is 7.72. The molecule has 3 nitrogen and oxygen atoms in total. The zero-order valence-corrected chi connectivity index (χ0v) is 11.6. The molecule has 0 amide bonds. The number of halogens is 1. The van der Waals surface area contributed by atoms with Crippen molar-refractivity contribution in [3.63, 3.8) is 0 Å². The van der Waals surface area contributed by atoms with Crippen LogP contribution in [0.2, 0.25) is 0 Å². The van der Waals surface area contributed by atoms with Crippen LogP contribution in [0.4, 0.5) is 0 Å². The lowest BCUT2D eigenvalue weighted by Crippen LogP contribution is -2.14.